The first-order valence-electron chi connectivity index (χ1n) is 6.95. The van der Waals surface area contributed by atoms with E-state index >= 15 is 0 Å². The minimum Gasteiger partial charge on any atom is -0.334 e. The van der Waals surface area contributed by atoms with Gasteiger partial charge in [0, 0.05) is 18.2 Å². The molecule has 1 heterocycles. The van der Waals surface area contributed by atoms with Gasteiger partial charge in [-0.2, -0.15) is 0 Å². The van der Waals surface area contributed by atoms with Gasteiger partial charge in [-0.05, 0) is 24.5 Å². The van der Waals surface area contributed by atoms with Crippen molar-refractivity contribution < 1.29 is 13.2 Å². The molecule has 20 heavy (non-hydrogen) atoms. The van der Waals surface area contributed by atoms with Crippen LogP contribution in [0.3, 0.4) is 0 Å². The maximum atomic E-state index is 12.6. The van der Waals surface area contributed by atoms with Crippen LogP contribution in [-0.4, -0.2) is 43.3 Å². The number of benzene rings is 1. The summed E-state index contributed by atoms with van der Waals surface area (Å²) >= 11 is 0. The summed E-state index contributed by atoms with van der Waals surface area (Å²) in [5.74, 6) is 0.527. The summed E-state index contributed by atoms with van der Waals surface area (Å²) in [5.41, 5.74) is 0.623. The highest BCUT2D eigenvalue weighted by molar-refractivity contribution is 7.91. The standard InChI is InChI=1S/C15H21NO3S/c1-12(2)10-16(14-8-9-20(18,19)11-14)15(17)13-6-4-3-5-7-13/h3-7,12,14H,8-11H2,1-2H3/t14-/m0/s1. The summed E-state index contributed by atoms with van der Waals surface area (Å²) < 4.78 is 23.3. The highest BCUT2D eigenvalue weighted by Crippen LogP contribution is 2.21. The van der Waals surface area contributed by atoms with Crippen molar-refractivity contribution >= 4 is 15.7 Å². The topological polar surface area (TPSA) is 54.5 Å². The van der Waals surface area contributed by atoms with Crippen molar-refractivity contribution in [2.75, 3.05) is 18.1 Å². The Hall–Kier alpha value is -1.36. The van der Waals surface area contributed by atoms with E-state index in [4.69, 9.17) is 0 Å². The summed E-state index contributed by atoms with van der Waals surface area (Å²) in [6.45, 7) is 4.66. The van der Waals surface area contributed by atoms with Crippen LogP contribution in [0.4, 0.5) is 0 Å². The van der Waals surface area contributed by atoms with E-state index in [0.717, 1.165) is 0 Å². The third-order valence-corrected chi connectivity index (χ3v) is 5.24. The number of nitrogens with zero attached hydrogens (tertiary/aromatic N) is 1. The van der Waals surface area contributed by atoms with Gasteiger partial charge >= 0.3 is 0 Å². The summed E-state index contributed by atoms with van der Waals surface area (Å²) in [6, 6.07) is 8.88. The minimum atomic E-state index is -2.99. The molecule has 0 radical (unpaired) electrons. The van der Waals surface area contributed by atoms with Gasteiger partial charge in [0.15, 0.2) is 9.84 Å². The Labute approximate surface area is 120 Å². The predicted molar refractivity (Wildman–Crippen MR) is 79.4 cm³/mol. The molecule has 1 aromatic rings. The Morgan fingerprint density at radius 3 is 2.45 bits per heavy atom. The van der Waals surface area contributed by atoms with E-state index < -0.39 is 9.84 Å². The first-order valence-corrected chi connectivity index (χ1v) is 8.77. The lowest BCUT2D eigenvalue weighted by Gasteiger charge is -2.30. The Balaban J connectivity index is 2.22. The lowest BCUT2D eigenvalue weighted by atomic mass is 10.1. The monoisotopic (exact) mass is 295 g/mol. The highest BCUT2D eigenvalue weighted by atomic mass is 32.2. The molecular weight excluding hydrogens is 274 g/mol. The van der Waals surface area contributed by atoms with E-state index in [-0.39, 0.29) is 23.5 Å². The summed E-state index contributed by atoms with van der Waals surface area (Å²) in [4.78, 5) is 14.4. The Kier molecular flexibility index (Phi) is 4.48. The fraction of sp³-hybridized carbons (Fsp3) is 0.533. The molecular formula is C15H21NO3S. The maximum absolute atomic E-state index is 12.6. The molecule has 0 spiro atoms. The predicted octanol–water partition coefficient (Wildman–Crippen LogP) is 1.97. The van der Waals surface area contributed by atoms with Crippen molar-refractivity contribution in [2.24, 2.45) is 5.92 Å². The van der Waals surface area contributed by atoms with Gasteiger partial charge in [0.2, 0.25) is 0 Å². The van der Waals surface area contributed by atoms with Crippen molar-refractivity contribution in [2.45, 2.75) is 26.3 Å². The number of sulfone groups is 1. The van der Waals surface area contributed by atoms with Gasteiger partial charge in [0.25, 0.3) is 5.91 Å². The van der Waals surface area contributed by atoms with Crippen LogP contribution in [0.1, 0.15) is 30.6 Å². The first-order chi connectivity index (χ1) is 9.39. The Morgan fingerprint density at radius 1 is 1.30 bits per heavy atom. The van der Waals surface area contributed by atoms with E-state index in [9.17, 15) is 13.2 Å². The van der Waals surface area contributed by atoms with E-state index in [1.54, 1.807) is 17.0 Å². The van der Waals surface area contributed by atoms with Gasteiger partial charge in [-0.3, -0.25) is 4.79 Å². The van der Waals surface area contributed by atoms with Gasteiger partial charge < -0.3 is 4.90 Å². The SMILES string of the molecule is CC(C)CN(C(=O)c1ccccc1)[C@H]1CCS(=O)(=O)C1. The summed E-state index contributed by atoms with van der Waals surface area (Å²) in [6.07, 6.45) is 0.549. The minimum absolute atomic E-state index is 0.0681. The molecule has 0 saturated carbocycles. The molecule has 0 aliphatic carbocycles. The van der Waals surface area contributed by atoms with Gasteiger partial charge in [0.1, 0.15) is 0 Å². The smallest absolute Gasteiger partial charge is 0.254 e. The molecule has 1 aliphatic heterocycles. The van der Waals surface area contributed by atoms with Crippen LogP contribution in [-0.2, 0) is 9.84 Å². The molecule has 1 atom stereocenters. The van der Waals surface area contributed by atoms with Crippen LogP contribution in [0.5, 0.6) is 0 Å². The van der Waals surface area contributed by atoms with Crippen LogP contribution >= 0.6 is 0 Å². The van der Waals surface area contributed by atoms with Crippen molar-refractivity contribution in [3.63, 3.8) is 0 Å². The fourth-order valence-corrected chi connectivity index (χ4v) is 4.29. The molecule has 4 nitrogen and oxygen atoms in total. The van der Waals surface area contributed by atoms with Crippen LogP contribution in [0.15, 0.2) is 30.3 Å². The van der Waals surface area contributed by atoms with Crippen LogP contribution in [0, 0.1) is 5.92 Å². The Bertz CT molecular complexity index is 566. The molecule has 1 aromatic carbocycles. The molecule has 2 rings (SSSR count). The van der Waals surface area contributed by atoms with Crippen molar-refractivity contribution in [3.05, 3.63) is 35.9 Å². The number of rotatable bonds is 4. The zero-order valence-electron chi connectivity index (χ0n) is 12.0. The largest absolute Gasteiger partial charge is 0.334 e. The first kappa shape index (κ1) is 15.0. The van der Waals surface area contributed by atoms with Crippen LogP contribution < -0.4 is 0 Å². The van der Waals surface area contributed by atoms with Crippen molar-refractivity contribution in [1.82, 2.24) is 4.90 Å². The number of carbonyl (C=O) groups excluding carboxylic acids is 1. The Morgan fingerprint density at radius 2 is 1.95 bits per heavy atom. The number of hydrogen-bond donors (Lipinski definition) is 0. The average Bonchev–Trinajstić information content (AvgIpc) is 2.76. The molecule has 1 fully saturated rings. The zero-order chi connectivity index (χ0) is 14.8. The molecule has 0 aromatic heterocycles. The number of hydrogen-bond acceptors (Lipinski definition) is 3. The maximum Gasteiger partial charge on any atom is 0.254 e. The van der Waals surface area contributed by atoms with Crippen LogP contribution in [0.25, 0.3) is 0 Å². The summed E-state index contributed by atoms with van der Waals surface area (Å²) in [7, 11) is -2.99. The van der Waals surface area contributed by atoms with E-state index in [0.29, 0.717) is 24.4 Å². The quantitative estimate of drug-likeness (QED) is 0.853. The second-order valence-electron chi connectivity index (χ2n) is 5.77. The van der Waals surface area contributed by atoms with Gasteiger partial charge in [-0.25, -0.2) is 8.42 Å². The molecule has 1 aliphatic rings. The molecule has 1 saturated heterocycles. The lowest BCUT2D eigenvalue weighted by Crippen LogP contribution is -2.43. The molecule has 0 N–H and O–H groups in total. The van der Waals surface area contributed by atoms with Gasteiger partial charge in [-0.15, -0.1) is 0 Å². The van der Waals surface area contributed by atoms with Crippen molar-refractivity contribution in [3.8, 4) is 0 Å². The van der Waals surface area contributed by atoms with Crippen LogP contribution in [0.2, 0.25) is 0 Å². The third kappa shape index (κ3) is 3.60. The van der Waals surface area contributed by atoms with Gasteiger partial charge in [-0.1, -0.05) is 32.0 Å². The highest BCUT2D eigenvalue weighted by Gasteiger charge is 2.35. The normalized spacial score (nSPS) is 21.1. The molecule has 1 amide bonds. The number of carbonyl (C=O) groups is 1. The average molecular weight is 295 g/mol. The molecule has 5 heteroatoms. The second-order valence-corrected chi connectivity index (χ2v) is 8.00. The lowest BCUT2D eigenvalue weighted by molar-refractivity contribution is 0.0672. The molecule has 110 valence electrons. The van der Waals surface area contributed by atoms with E-state index in [1.807, 2.05) is 32.0 Å². The summed E-state index contributed by atoms with van der Waals surface area (Å²) in [5, 5.41) is 0. The molecule has 0 bridgehead atoms. The van der Waals surface area contributed by atoms with E-state index in [1.165, 1.54) is 0 Å². The number of amides is 1. The second kappa shape index (κ2) is 5.95. The van der Waals surface area contributed by atoms with Gasteiger partial charge in [0.05, 0.1) is 11.5 Å². The third-order valence-electron chi connectivity index (χ3n) is 3.49. The van der Waals surface area contributed by atoms with Crippen molar-refractivity contribution in [1.29, 1.82) is 0 Å². The zero-order valence-corrected chi connectivity index (χ0v) is 12.8. The van der Waals surface area contributed by atoms with E-state index in [2.05, 4.69) is 0 Å². The molecule has 0 unspecified atom stereocenters. The fourth-order valence-electron chi connectivity index (χ4n) is 2.56.